The summed E-state index contributed by atoms with van der Waals surface area (Å²) in [5, 5.41) is 3.06. The monoisotopic (exact) mass is 175 g/mol. The first-order valence-electron chi connectivity index (χ1n) is 4.24. The lowest BCUT2D eigenvalue weighted by molar-refractivity contribution is -0.104. The third-order valence-electron chi connectivity index (χ3n) is 1.78. The van der Waals surface area contributed by atoms with Gasteiger partial charge in [0.2, 0.25) is 0 Å². The highest BCUT2D eigenvalue weighted by Crippen LogP contribution is 2.10. The van der Waals surface area contributed by atoms with Gasteiger partial charge in [0.1, 0.15) is 6.29 Å². The summed E-state index contributed by atoms with van der Waals surface area (Å²) in [5.41, 5.74) is 2.29. The van der Waals surface area contributed by atoms with Crippen molar-refractivity contribution in [2.24, 2.45) is 0 Å². The molecule has 0 spiro atoms. The molecule has 0 radical (unpaired) electrons. The molecular weight excluding hydrogens is 162 g/mol. The number of anilines is 1. The van der Waals surface area contributed by atoms with Gasteiger partial charge in [-0.1, -0.05) is 18.2 Å². The van der Waals surface area contributed by atoms with Gasteiger partial charge in [0.15, 0.2) is 0 Å². The number of hydrogen-bond acceptors (Lipinski definition) is 2. The molecule has 0 amide bonds. The van der Waals surface area contributed by atoms with Crippen molar-refractivity contribution in [1.82, 2.24) is 0 Å². The maximum atomic E-state index is 10.0. The van der Waals surface area contributed by atoms with Gasteiger partial charge in [-0.2, -0.15) is 0 Å². The second-order valence-electron chi connectivity index (χ2n) is 2.72. The second kappa shape index (κ2) is 5.14. The van der Waals surface area contributed by atoms with Crippen LogP contribution in [0.15, 0.2) is 36.4 Å². The third-order valence-corrected chi connectivity index (χ3v) is 1.78. The van der Waals surface area contributed by atoms with Crippen molar-refractivity contribution in [2.75, 3.05) is 12.4 Å². The Kier molecular flexibility index (Phi) is 3.76. The van der Waals surface area contributed by atoms with Gasteiger partial charge in [-0.3, -0.25) is 4.79 Å². The molecule has 0 aliphatic rings. The molecule has 2 nitrogen and oxygen atoms in total. The molecule has 1 N–H and O–H groups in total. The number of carbonyl (C=O) groups is 1. The summed E-state index contributed by atoms with van der Waals surface area (Å²) in [6.45, 7) is 0. The van der Waals surface area contributed by atoms with Crippen molar-refractivity contribution in [3.8, 4) is 0 Å². The van der Waals surface area contributed by atoms with Gasteiger partial charge in [0.05, 0.1) is 0 Å². The van der Waals surface area contributed by atoms with Gasteiger partial charge in [-0.25, -0.2) is 0 Å². The average Bonchev–Trinajstić information content (AvgIpc) is 2.19. The summed E-state index contributed by atoms with van der Waals surface area (Å²) < 4.78 is 0. The maximum absolute atomic E-state index is 10.0. The lowest BCUT2D eigenvalue weighted by Gasteiger charge is -2.01. The van der Waals surface area contributed by atoms with Crippen LogP contribution in [-0.4, -0.2) is 13.3 Å². The predicted molar refractivity (Wildman–Crippen MR) is 54.9 cm³/mol. The minimum Gasteiger partial charge on any atom is -0.388 e. The largest absolute Gasteiger partial charge is 0.388 e. The van der Waals surface area contributed by atoms with E-state index in [0.29, 0.717) is 0 Å². The first kappa shape index (κ1) is 9.52. The minimum atomic E-state index is 0.794. The highest BCUT2D eigenvalue weighted by atomic mass is 16.1. The van der Waals surface area contributed by atoms with Crippen molar-refractivity contribution in [3.05, 3.63) is 42.0 Å². The van der Waals surface area contributed by atoms with Gasteiger partial charge >= 0.3 is 0 Å². The molecule has 0 fully saturated rings. The molecule has 0 aliphatic heterocycles. The Morgan fingerprint density at radius 1 is 1.46 bits per heavy atom. The van der Waals surface area contributed by atoms with Crippen molar-refractivity contribution in [1.29, 1.82) is 0 Å². The number of allylic oxidation sites excluding steroid dienone is 2. The van der Waals surface area contributed by atoms with Crippen LogP contribution < -0.4 is 5.32 Å². The van der Waals surface area contributed by atoms with E-state index in [-0.39, 0.29) is 0 Å². The van der Waals surface area contributed by atoms with Crippen molar-refractivity contribution >= 4 is 12.0 Å². The summed E-state index contributed by atoms with van der Waals surface area (Å²) in [6, 6.07) is 8.11. The number of nitrogens with one attached hydrogen (secondary N) is 1. The Labute approximate surface area is 78.3 Å². The summed E-state index contributed by atoms with van der Waals surface area (Å²) >= 11 is 0. The molecular formula is C11H13NO. The van der Waals surface area contributed by atoms with E-state index in [2.05, 4.69) is 11.4 Å². The number of carbonyl (C=O) groups excluding carboxylic acids is 1. The molecule has 68 valence electrons. The van der Waals surface area contributed by atoms with Crippen LogP contribution in [0.2, 0.25) is 0 Å². The molecule has 0 atom stereocenters. The van der Waals surface area contributed by atoms with Crippen LogP contribution in [0.5, 0.6) is 0 Å². The van der Waals surface area contributed by atoms with E-state index >= 15 is 0 Å². The van der Waals surface area contributed by atoms with Gasteiger partial charge in [0.25, 0.3) is 0 Å². The standard InChI is InChI=1S/C11H13NO/c1-12-11-7-4-6-10(9-11)5-2-3-8-13/h2-4,6-9,12H,5H2,1H3. The fourth-order valence-corrected chi connectivity index (χ4v) is 1.11. The summed E-state index contributed by atoms with van der Waals surface area (Å²) in [5.74, 6) is 0. The lowest BCUT2D eigenvalue weighted by atomic mass is 10.1. The fourth-order valence-electron chi connectivity index (χ4n) is 1.11. The molecule has 0 saturated carbocycles. The molecule has 2 heteroatoms. The van der Waals surface area contributed by atoms with Gasteiger partial charge in [0, 0.05) is 12.7 Å². The zero-order valence-electron chi connectivity index (χ0n) is 7.66. The fraction of sp³-hybridized carbons (Fsp3) is 0.182. The van der Waals surface area contributed by atoms with Crippen LogP contribution in [0, 0.1) is 0 Å². The van der Waals surface area contributed by atoms with E-state index < -0.39 is 0 Å². The SMILES string of the molecule is CNc1cccc(CC=CC=O)c1. The summed E-state index contributed by atoms with van der Waals surface area (Å²) in [6.07, 6.45) is 4.96. The van der Waals surface area contributed by atoms with Gasteiger partial charge in [-0.15, -0.1) is 0 Å². The second-order valence-corrected chi connectivity index (χ2v) is 2.72. The quantitative estimate of drug-likeness (QED) is 0.560. The topological polar surface area (TPSA) is 29.1 Å². The van der Waals surface area contributed by atoms with E-state index in [9.17, 15) is 4.79 Å². The van der Waals surface area contributed by atoms with Crippen molar-refractivity contribution < 1.29 is 4.79 Å². The van der Waals surface area contributed by atoms with Crippen LogP contribution in [0.4, 0.5) is 5.69 Å². The minimum absolute atomic E-state index is 0.794. The highest BCUT2D eigenvalue weighted by molar-refractivity contribution is 5.64. The van der Waals surface area contributed by atoms with E-state index in [4.69, 9.17) is 0 Å². The van der Waals surface area contributed by atoms with Gasteiger partial charge in [-0.05, 0) is 30.2 Å². The zero-order chi connectivity index (χ0) is 9.52. The maximum Gasteiger partial charge on any atom is 0.142 e. The van der Waals surface area contributed by atoms with Crippen LogP contribution in [-0.2, 0) is 11.2 Å². The van der Waals surface area contributed by atoms with Crippen LogP contribution >= 0.6 is 0 Å². The predicted octanol–water partition coefficient (Wildman–Crippen LogP) is 2.03. The van der Waals surface area contributed by atoms with Crippen molar-refractivity contribution in [2.45, 2.75) is 6.42 Å². The molecule has 0 aromatic heterocycles. The first-order chi connectivity index (χ1) is 6.36. The van der Waals surface area contributed by atoms with Crippen LogP contribution in [0.1, 0.15) is 5.56 Å². The molecule has 13 heavy (non-hydrogen) atoms. The average molecular weight is 175 g/mol. The molecule has 1 aromatic rings. The van der Waals surface area contributed by atoms with E-state index in [1.807, 2.05) is 31.3 Å². The van der Waals surface area contributed by atoms with Crippen LogP contribution in [0.3, 0.4) is 0 Å². The Bertz CT molecular complexity index is 305. The highest BCUT2D eigenvalue weighted by Gasteiger charge is 1.90. The molecule has 0 heterocycles. The molecule has 1 aromatic carbocycles. The first-order valence-corrected chi connectivity index (χ1v) is 4.24. The molecule has 0 bridgehead atoms. The number of hydrogen-bond donors (Lipinski definition) is 1. The Morgan fingerprint density at radius 3 is 3.00 bits per heavy atom. The van der Waals surface area contributed by atoms with Gasteiger partial charge < -0.3 is 5.32 Å². The Morgan fingerprint density at radius 2 is 2.31 bits per heavy atom. The lowest BCUT2D eigenvalue weighted by Crippen LogP contribution is -1.89. The molecule has 1 rings (SSSR count). The Balaban J connectivity index is 2.66. The number of benzene rings is 1. The van der Waals surface area contributed by atoms with E-state index in [0.717, 1.165) is 18.4 Å². The third kappa shape index (κ3) is 3.11. The molecule has 0 aliphatic carbocycles. The molecule has 0 saturated heterocycles. The smallest absolute Gasteiger partial charge is 0.142 e. The molecule has 0 unspecified atom stereocenters. The van der Waals surface area contributed by atoms with Crippen LogP contribution in [0.25, 0.3) is 0 Å². The van der Waals surface area contributed by atoms with E-state index in [1.165, 1.54) is 11.6 Å². The summed E-state index contributed by atoms with van der Waals surface area (Å²) in [4.78, 5) is 10.0. The summed E-state index contributed by atoms with van der Waals surface area (Å²) in [7, 11) is 1.89. The van der Waals surface area contributed by atoms with Crippen molar-refractivity contribution in [3.63, 3.8) is 0 Å². The number of rotatable bonds is 4. The normalized spacial score (nSPS) is 10.2. The zero-order valence-corrected chi connectivity index (χ0v) is 7.66. The van der Waals surface area contributed by atoms with E-state index in [1.54, 1.807) is 0 Å². The number of aldehydes is 1. The Hall–Kier alpha value is -1.57.